The van der Waals surface area contributed by atoms with Gasteiger partial charge in [0.15, 0.2) is 0 Å². The molecule has 3 heterocycles. The Morgan fingerprint density at radius 1 is 1.45 bits per heavy atom. The Hall–Kier alpha value is -1.05. The molecule has 4 N–H and O–H groups in total. The van der Waals surface area contributed by atoms with Gasteiger partial charge in [0.2, 0.25) is 5.95 Å². The molecule has 1 aliphatic heterocycles. The van der Waals surface area contributed by atoms with Crippen molar-refractivity contribution in [1.29, 1.82) is 0 Å². The summed E-state index contributed by atoms with van der Waals surface area (Å²) in [5.41, 5.74) is 2.55. The third-order valence-electron chi connectivity index (χ3n) is 3.58. The van der Waals surface area contributed by atoms with E-state index in [1.807, 2.05) is 11.8 Å². The number of fused-ring (bicyclic) bond motifs is 1. The standard InChI is InChI=1S/C13H19N5S2/c1-8-6-9-10(15-7-13(2)4-3-5-19-13)16-12(18-14)17-11(9)20-8/h6H,3-5,7,14H2,1-2H3,(H2,15,16,17,18). The van der Waals surface area contributed by atoms with Crippen molar-refractivity contribution in [3.63, 3.8) is 0 Å². The molecule has 1 saturated heterocycles. The fourth-order valence-electron chi connectivity index (χ4n) is 2.49. The lowest BCUT2D eigenvalue weighted by atomic mass is 10.1. The molecule has 1 atom stereocenters. The number of nitrogens with two attached hydrogens (primary N) is 1. The second-order valence-corrected chi connectivity index (χ2v) is 8.29. The molecule has 3 rings (SSSR count). The van der Waals surface area contributed by atoms with Crippen LogP contribution in [-0.4, -0.2) is 27.0 Å². The smallest absolute Gasteiger partial charge is 0.240 e. The first-order chi connectivity index (χ1) is 9.59. The van der Waals surface area contributed by atoms with Crippen LogP contribution in [0.25, 0.3) is 10.2 Å². The highest BCUT2D eigenvalue weighted by molar-refractivity contribution is 8.00. The molecule has 0 amide bonds. The Balaban J connectivity index is 1.89. The molecule has 0 spiro atoms. The van der Waals surface area contributed by atoms with Crippen LogP contribution in [0.4, 0.5) is 11.8 Å². The van der Waals surface area contributed by atoms with Crippen LogP contribution in [0, 0.1) is 6.92 Å². The van der Waals surface area contributed by atoms with Crippen molar-refractivity contribution in [2.45, 2.75) is 31.4 Å². The summed E-state index contributed by atoms with van der Waals surface area (Å²) in [6, 6.07) is 2.13. The van der Waals surface area contributed by atoms with Crippen LogP contribution in [-0.2, 0) is 0 Å². The molecule has 2 aromatic rings. The van der Waals surface area contributed by atoms with Gasteiger partial charge in [0, 0.05) is 16.2 Å². The van der Waals surface area contributed by atoms with Gasteiger partial charge in [-0.1, -0.05) is 0 Å². The summed E-state index contributed by atoms with van der Waals surface area (Å²) in [4.78, 5) is 11.1. The summed E-state index contributed by atoms with van der Waals surface area (Å²) in [6.45, 7) is 5.32. The topological polar surface area (TPSA) is 75.9 Å². The molecule has 0 bridgehead atoms. The summed E-state index contributed by atoms with van der Waals surface area (Å²) in [5, 5.41) is 4.58. The largest absolute Gasteiger partial charge is 0.368 e. The molecule has 1 aliphatic rings. The number of rotatable bonds is 4. The van der Waals surface area contributed by atoms with Gasteiger partial charge in [-0.15, -0.1) is 11.3 Å². The van der Waals surface area contributed by atoms with Crippen molar-refractivity contribution in [1.82, 2.24) is 9.97 Å². The molecular formula is C13H19N5S2. The van der Waals surface area contributed by atoms with Crippen molar-refractivity contribution < 1.29 is 0 Å². The van der Waals surface area contributed by atoms with E-state index >= 15 is 0 Å². The molecule has 0 aromatic carbocycles. The number of aromatic nitrogens is 2. The first kappa shape index (κ1) is 13.9. The van der Waals surface area contributed by atoms with E-state index in [4.69, 9.17) is 5.84 Å². The van der Waals surface area contributed by atoms with Crippen LogP contribution in [0.3, 0.4) is 0 Å². The van der Waals surface area contributed by atoms with Gasteiger partial charge in [-0.25, -0.2) is 10.8 Å². The van der Waals surface area contributed by atoms with Gasteiger partial charge in [0.1, 0.15) is 10.6 Å². The molecule has 5 nitrogen and oxygen atoms in total. The lowest BCUT2D eigenvalue weighted by Crippen LogP contribution is -2.27. The quantitative estimate of drug-likeness (QED) is 0.595. The monoisotopic (exact) mass is 309 g/mol. The number of thioether (sulfide) groups is 1. The van der Waals surface area contributed by atoms with Crippen molar-refractivity contribution in [2.24, 2.45) is 5.84 Å². The number of hydrogen-bond acceptors (Lipinski definition) is 7. The van der Waals surface area contributed by atoms with Crippen molar-refractivity contribution >= 4 is 45.1 Å². The predicted molar refractivity (Wildman–Crippen MR) is 88.5 cm³/mol. The first-order valence-corrected chi connectivity index (χ1v) is 8.52. The van der Waals surface area contributed by atoms with Crippen molar-refractivity contribution in [3.8, 4) is 0 Å². The van der Waals surface area contributed by atoms with E-state index in [0.29, 0.717) is 10.7 Å². The van der Waals surface area contributed by atoms with E-state index in [0.717, 1.165) is 22.6 Å². The van der Waals surface area contributed by atoms with Crippen molar-refractivity contribution in [2.75, 3.05) is 23.0 Å². The number of nitrogen functional groups attached to an aromatic ring is 1. The SMILES string of the molecule is Cc1cc2c(NCC3(C)CCCS3)nc(NN)nc2s1. The van der Waals surface area contributed by atoms with Gasteiger partial charge >= 0.3 is 0 Å². The molecule has 1 unspecified atom stereocenters. The van der Waals surface area contributed by atoms with Gasteiger partial charge in [-0.3, -0.25) is 5.43 Å². The highest BCUT2D eigenvalue weighted by Crippen LogP contribution is 2.38. The van der Waals surface area contributed by atoms with Gasteiger partial charge in [0.05, 0.1) is 5.39 Å². The molecule has 108 valence electrons. The second-order valence-electron chi connectivity index (χ2n) is 5.37. The van der Waals surface area contributed by atoms with Gasteiger partial charge in [0.25, 0.3) is 0 Å². The Bertz CT molecular complexity index is 618. The Labute approximate surface area is 126 Å². The van der Waals surface area contributed by atoms with Gasteiger partial charge < -0.3 is 5.32 Å². The van der Waals surface area contributed by atoms with Crippen LogP contribution < -0.4 is 16.6 Å². The number of hydrazine groups is 1. The van der Waals surface area contributed by atoms with Crippen LogP contribution in [0.15, 0.2) is 6.07 Å². The third kappa shape index (κ3) is 2.70. The van der Waals surface area contributed by atoms with Gasteiger partial charge in [-0.2, -0.15) is 16.7 Å². The maximum atomic E-state index is 5.46. The van der Waals surface area contributed by atoms with E-state index in [1.165, 1.54) is 23.5 Å². The van der Waals surface area contributed by atoms with Crippen molar-refractivity contribution in [3.05, 3.63) is 10.9 Å². The summed E-state index contributed by atoms with van der Waals surface area (Å²) in [7, 11) is 0. The molecule has 2 aromatic heterocycles. The minimum Gasteiger partial charge on any atom is -0.368 e. The minimum absolute atomic E-state index is 0.304. The molecular weight excluding hydrogens is 290 g/mol. The fraction of sp³-hybridized carbons (Fsp3) is 0.538. The maximum absolute atomic E-state index is 5.46. The van der Waals surface area contributed by atoms with E-state index in [1.54, 1.807) is 11.3 Å². The van der Waals surface area contributed by atoms with E-state index < -0.39 is 0 Å². The summed E-state index contributed by atoms with van der Waals surface area (Å²) in [6.07, 6.45) is 2.55. The van der Waals surface area contributed by atoms with E-state index in [2.05, 4.69) is 40.6 Å². The Morgan fingerprint density at radius 2 is 2.30 bits per heavy atom. The number of anilines is 2. The summed E-state index contributed by atoms with van der Waals surface area (Å²) < 4.78 is 0.304. The highest BCUT2D eigenvalue weighted by Gasteiger charge is 2.29. The normalized spacial score (nSPS) is 22.4. The number of aryl methyl sites for hydroxylation is 1. The summed E-state index contributed by atoms with van der Waals surface area (Å²) in [5.74, 6) is 8.05. The Kier molecular flexibility index (Phi) is 3.74. The maximum Gasteiger partial charge on any atom is 0.240 e. The first-order valence-electron chi connectivity index (χ1n) is 6.72. The average molecular weight is 309 g/mol. The summed E-state index contributed by atoms with van der Waals surface area (Å²) >= 11 is 3.70. The fourth-order valence-corrected chi connectivity index (χ4v) is 4.61. The molecule has 20 heavy (non-hydrogen) atoms. The van der Waals surface area contributed by atoms with Crippen LogP contribution in [0.5, 0.6) is 0 Å². The predicted octanol–water partition coefficient (Wildman–Crippen LogP) is 2.98. The molecule has 0 radical (unpaired) electrons. The van der Waals surface area contributed by atoms with E-state index in [9.17, 15) is 0 Å². The van der Waals surface area contributed by atoms with Gasteiger partial charge in [-0.05, 0) is 38.5 Å². The number of thiophene rings is 1. The Morgan fingerprint density at radius 3 is 3.00 bits per heavy atom. The zero-order chi connectivity index (χ0) is 14.2. The van der Waals surface area contributed by atoms with E-state index in [-0.39, 0.29) is 0 Å². The minimum atomic E-state index is 0.304. The zero-order valence-corrected chi connectivity index (χ0v) is 13.3. The molecule has 7 heteroatoms. The third-order valence-corrected chi connectivity index (χ3v) is 6.06. The van der Waals surface area contributed by atoms with Crippen LogP contribution in [0.1, 0.15) is 24.6 Å². The van der Waals surface area contributed by atoms with Crippen LogP contribution in [0.2, 0.25) is 0 Å². The molecule has 0 saturated carbocycles. The average Bonchev–Trinajstić information content (AvgIpc) is 3.01. The number of nitrogens with one attached hydrogen (secondary N) is 2. The molecule has 0 aliphatic carbocycles. The van der Waals surface area contributed by atoms with Crippen LogP contribution >= 0.6 is 23.1 Å². The lowest BCUT2D eigenvalue weighted by molar-refractivity contribution is 0.634. The number of hydrogen-bond donors (Lipinski definition) is 3. The second kappa shape index (κ2) is 5.38. The lowest BCUT2D eigenvalue weighted by Gasteiger charge is -2.23. The zero-order valence-electron chi connectivity index (χ0n) is 11.7. The highest BCUT2D eigenvalue weighted by atomic mass is 32.2. The number of nitrogens with zero attached hydrogens (tertiary/aromatic N) is 2. The molecule has 1 fully saturated rings.